The molecule has 5 heteroatoms. The van der Waals surface area contributed by atoms with Crippen LogP contribution in [0.15, 0.2) is 36.7 Å². The zero-order chi connectivity index (χ0) is 17.1. The SMILES string of the molecule is CCn1ccnc1[C@@H]1OCC[C@H]1NC(=O)c1ccc(C(C)C)cc1. The minimum atomic E-state index is -0.182. The van der Waals surface area contributed by atoms with Gasteiger partial charge in [-0.1, -0.05) is 26.0 Å². The molecule has 0 unspecified atom stereocenters. The maximum atomic E-state index is 12.6. The number of nitrogens with one attached hydrogen (secondary N) is 1. The Morgan fingerprint density at radius 1 is 1.38 bits per heavy atom. The average Bonchev–Trinajstić information content (AvgIpc) is 3.23. The Kier molecular flexibility index (Phi) is 5.00. The average molecular weight is 327 g/mol. The van der Waals surface area contributed by atoms with Gasteiger partial charge in [-0.05, 0) is 37.0 Å². The highest BCUT2D eigenvalue weighted by Crippen LogP contribution is 2.28. The van der Waals surface area contributed by atoms with Gasteiger partial charge in [0.15, 0.2) is 0 Å². The van der Waals surface area contributed by atoms with Gasteiger partial charge in [-0.25, -0.2) is 4.98 Å². The highest BCUT2D eigenvalue weighted by Gasteiger charge is 2.33. The fourth-order valence-corrected chi connectivity index (χ4v) is 3.11. The van der Waals surface area contributed by atoms with Crippen molar-refractivity contribution in [2.75, 3.05) is 6.61 Å². The molecule has 1 N–H and O–H groups in total. The maximum Gasteiger partial charge on any atom is 0.251 e. The predicted molar refractivity (Wildman–Crippen MR) is 93.0 cm³/mol. The Labute approximate surface area is 143 Å². The zero-order valence-electron chi connectivity index (χ0n) is 14.5. The van der Waals surface area contributed by atoms with Crippen LogP contribution in [-0.4, -0.2) is 28.1 Å². The van der Waals surface area contributed by atoms with Crippen LogP contribution in [0.3, 0.4) is 0 Å². The summed E-state index contributed by atoms with van der Waals surface area (Å²) in [6.45, 7) is 7.84. The summed E-state index contributed by atoms with van der Waals surface area (Å²) in [6.07, 6.45) is 4.35. The molecule has 1 amide bonds. The van der Waals surface area contributed by atoms with Crippen molar-refractivity contribution in [3.8, 4) is 0 Å². The lowest BCUT2D eigenvalue weighted by molar-refractivity contribution is 0.0775. The van der Waals surface area contributed by atoms with Gasteiger partial charge in [0.2, 0.25) is 0 Å². The molecule has 1 aromatic heterocycles. The molecular formula is C19H25N3O2. The molecule has 0 radical (unpaired) electrons. The van der Waals surface area contributed by atoms with Crippen LogP contribution in [-0.2, 0) is 11.3 Å². The van der Waals surface area contributed by atoms with Gasteiger partial charge in [0.1, 0.15) is 11.9 Å². The standard InChI is InChI=1S/C19H25N3O2/c1-4-22-11-10-20-18(22)17-16(9-12-24-17)21-19(23)15-7-5-14(6-8-15)13(2)3/h5-8,10-11,13,16-17H,4,9,12H2,1-3H3,(H,21,23)/t16-,17-/m1/s1. The van der Waals surface area contributed by atoms with Gasteiger partial charge in [0, 0.05) is 31.1 Å². The first-order valence-corrected chi connectivity index (χ1v) is 8.63. The Morgan fingerprint density at radius 2 is 2.12 bits per heavy atom. The van der Waals surface area contributed by atoms with Gasteiger partial charge in [-0.15, -0.1) is 0 Å². The molecule has 0 aliphatic carbocycles. The Morgan fingerprint density at radius 3 is 2.79 bits per heavy atom. The number of carbonyl (C=O) groups excluding carboxylic acids is 1. The topological polar surface area (TPSA) is 56.1 Å². The van der Waals surface area contributed by atoms with E-state index in [1.54, 1.807) is 6.20 Å². The highest BCUT2D eigenvalue weighted by atomic mass is 16.5. The number of nitrogens with zero attached hydrogens (tertiary/aromatic N) is 2. The molecule has 24 heavy (non-hydrogen) atoms. The first kappa shape index (κ1) is 16.7. The molecule has 1 aliphatic heterocycles. The number of hydrogen-bond acceptors (Lipinski definition) is 3. The van der Waals surface area contributed by atoms with Crippen molar-refractivity contribution >= 4 is 5.91 Å². The molecule has 1 fully saturated rings. The monoisotopic (exact) mass is 327 g/mol. The van der Waals surface area contributed by atoms with Gasteiger partial charge in [-0.3, -0.25) is 4.79 Å². The molecule has 1 aliphatic rings. The van der Waals surface area contributed by atoms with E-state index in [2.05, 4.69) is 35.6 Å². The van der Waals surface area contributed by atoms with E-state index in [-0.39, 0.29) is 18.1 Å². The van der Waals surface area contributed by atoms with E-state index in [4.69, 9.17) is 4.74 Å². The maximum absolute atomic E-state index is 12.6. The highest BCUT2D eigenvalue weighted by molar-refractivity contribution is 5.94. The van der Waals surface area contributed by atoms with Crippen molar-refractivity contribution in [3.63, 3.8) is 0 Å². The Balaban J connectivity index is 1.71. The minimum absolute atomic E-state index is 0.0463. The van der Waals surface area contributed by atoms with E-state index in [9.17, 15) is 4.79 Å². The fraction of sp³-hybridized carbons (Fsp3) is 0.474. The molecule has 0 spiro atoms. The first-order chi connectivity index (χ1) is 11.6. The number of aromatic nitrogens is 2. The third-order valence-electron chi connectivity index (χ3n) is 4.59. The van der Waals surface area contributed by atoms with Crippen LogP contribution < -0.4 is 5.32 Å². The smallest absolute Gasteiger partial charge is 0.251 e. The summed E-state index contributed by atoms with van der Waals surface area (Å²) in [4.78, 5) is 17.0. The fourth-order valence-electron chi connectivity index (χ4n) is 3.11. The zero-order valence-corrected chi connectivity index (χ0v) is 14.5. The number of ether oxygens (including phenoxy) is 1. The van der Waals surface area contributed by atoms with E-state index < -0.39 is 0 Å². The number of amides is 1. The lowest BCUT2D eigenvalue weighted by atomic mass is 10.0. The van der Waals surface area contributed by atoms with E-state index in [1.807, 2.05) is 30.5 Å². The summed E-state index contributed by atoms with van der Waals surface area (Å²) in [7, 11) is 0. The van der Waals surface area contributed by atoms with Crippen LogP contribution in [0.4, 0.5) is 0 Å². The van der Waals surface area contributed by atoms with E-state index in [0.29, 0.717) is 18.1 Å². The van der Waals surface area contributed by atoms with E-state index in [0.717, 1.165) is 18.8 Å². The molecule has 0 saturated carbocycles. The van der Waals surface area contributed by atoms with Crippen LogP contribution >= 0.6 is 0 Å². The molecule has 3 rings (SSSR count). The van der Waals surface area contributed by atoms with Crippen molar-refractivity contribution in [1.82, 2.24) is 14.9 Å². The molecular weight excluding hydrogens is 302 g/mol. The van der Waals surface area contributed by atoms with Crippen LogP contribution in [0, 0.1) is 0 Å². The van der Waals surface area contributed by atoms with Crippen LogP contribution in [0.2, 0.25) is 0 Å². The molecule has 0 bridgehead atoms. The van der Waals surface area contributed by atoms with Crippen molar-refractivity contribution in [2.24, 2.45) is 0 Å². The summed E-state index contributed by atoms with van der Waals surface area (Å²) in [5.41, 5.74) is 1.92. The van der Waals surface area contributed by atoms with Crippen molar-refractivity contribution in [1.29, 1.82) is 0 Å². The number of imidazole rings is 1. The second-order valence-corrected chi connectivity index (χ2v) is 6.51. The van der Waals surface area contributed by atoms with E-state index in [1.165, 1.54) is 5.56 Å². The number of aryl methyl sites for hydroxylation is 1. The summed E-state index contributed by atoms with van der Waals surface area (Å²) < 4.78 is 7.90. The van der Waals surface area contributed by atoms with Gasteiger partial charge >= 0.3 is 0 Å². The first-order valence-electron chi connectivity index (χ1n) is 8.63. The molecule has 1 aromatic carbocycles. The van der Waals surface area contributed by atoms with Crippen LogP contribution in [0.25, 0.3) is 0 Å². The number of hydrogen-bond donors (Lipinski definition) is 1. The molecule has 2 atom stereocenters. The molecule has 1 saturated heterocycles. The number of rotatable bonds is 5. The normalized spacial score (nSPS) is 20.5. The van der Waals surface area contributed by atoms with Crippen LogP contribution in [0.1, 0.15) is 61.0 Å². The lowest BCUT2D eigenvalue weighted by Crippen LogP contribution is -2.37. The summed E-state index contributed by atoms with van der Waals surface area (Å²) in [5, 5.41) is 3.12. The number of carbonyl (C=O) groups is 1. The van der Waals surface area contributed by atoms with Crippen molar-refractivity contribution < 1.29 is 9.53 Å². The van der Waals surface area contributed by atoms with E-state index >= 15 is 0 Å². The van der Waals surface area contributed by atoms with Crippen molar-refractivity contribution in [2.45, 2.75) is 51.8 Å². The molecule has 2 aromatic rings. The molecule has 5 nitrogen and oxygen atoms in total. The van der Waals surface area contributed by atoms with Gasteiger partial charge < -0.3 is 14.6 Å². The van der Waals surface area contributed by atoms with Crippen molar-refractivity contribution in [3.05, 3.63) is 53.6 Å². The van der Waals surface area contributed by atoms with Gasteiger partial charge in [-0.2, -0.15) is 0 Å². The predicted octanol–water partition coefficient (Wildman–Crippen LogP) is 3.29. The third kappa shape index (κ3) is 3.36. The second-order valence-electron chi connectivity index (χ2n) is 6.51. The molecule has 2 heterocycles. The molecule has 128 valence electrons. The third-order valence-corrected chi connectivity index (χ3v) is 4.59. The van der Waals surface area contributed by atoms with Crippen LogP contribution in [0.5, 0.6) is 0 Å². The summed E-state index contributed by atoms with van der Waals surface area (Å²) >= 11 is 0. The Hall–Kier alpha value is -2.14. The van der Waals surface area contributed by atoms with Gasteiger partial charge in [0.05, 0.1) is 6.04 Å². The Bertz CT molecular complexity index is 691. The lowest BCUT2D eigenvalue weighted by Gasteiger charge is -2.20. The minimum Gasteiger partial charge on any atom is -0.368 e. The summed E-state index contributed by atoms with van der Waals surface area (Å²) in [5.74, 6) is 1.29. The quantitative estimate of drug-likeness (QED) is 0.917. The number of benzene rings is 1. The summed E-state index contributed by atoms with van der Waals surface area (Å²) in [6, 6.07) is 7.78. The second kappa shape index (κ2) is 7.18. The largest absolute Gasteiger partial charge is 0.368 e. The van der Waals surface area contributed by atoms with Gasteiger partial charge in [0.25, 0.3) is 5.91 Å².